The molecule has 1 heterocycles. The van der Waals surface area contributed by atoms with E-state index in [1.807, 2.05) is 12.1 Å². The van der Waals surface area contributed by atoms with Gasteiger partial charge in [-0.2, -0.15) is 0 Å². The summed E-state index contributed by atoms with van der Waals surface area (Å²) in [5, 5.41) is 4.41. The summed E-state index contributed by atoms with van der Waals surface area (Å²) in [5.41, 5.74) is 2.28. The average molecular weight is 284 g/mol. The zero-order valence-corrected chi connectivity index (χ0v) is 12.9. The third kappa shape index (κ3) is 3.12. The van der Waals surface area contributed by atoms with Crippen LogP contribution in [0.5, 0.6) is 0 Å². The Labute approximate surface area is 126 Å². The summed E-state index contributed by atoms with van der Waals surface area (Å²) in [5.74, 6) is 0.952. The lowest BCUT2D eigenvalue weighted by Gasteiger charge is -2.27. The Morgan fingerprint density at radius 3 is 2.71 bits per heavy atom. The quantitative estimate of drug-likeness (QED) is 0.917. The Kier molecular flexibility index (Phi) is 4.00. The summed E-state index contributed by atoms with van der Waals surface area (Å²) < 4.78 is 2.11. The number of nitrogens with zero attached hydrogens (tertiary/aromatic N) is 1. The molecule has 0 bridgehead atoms. The van der Waals surface area contributed by atoms with E-state index in [9.17, 15) is 4.79 Å². The van der Waals surface area contributed by atoms with Crippen LogP contribution in [0.3, 0.4) is 0 Å². The molecule has 2 aromatic rings. The molecule has 21 heavy (non-hydrogen) atoms. The average Bonchev–Trinajstić information content (AvgIpc) is 2.78. The highest BCUT2D eigenvalue weighted by atomic mass is 16.2. The van der Waals surface area contributed by atoms with E-state index in [-0.39, 0.29) is 5.91 Å². The van der Waals surface area contributed by atoms with Crippen molar-refractivity contribution < 1.29 is 4.79 Å². The minimum atomic E-state index is 0.138. The van der Waals surface area contributed by atoms with E-state index in [2.05, 4.69) is 41.9 Å². The topological polar surface area (TPSA) is 34.0 Å². The first-order valence-corrected chi connectivity index (χ1v) is 7.97. The molecule has 112 valence electrons. The third-order valence-electron chi connectivity index (χ3n) is 4.70. The Hall–Kier alpha value is -1.77. The van der Waals surface area contributed by atoms with Gasteiger partial charge in [0.2, 0.25) is 5.91 Å². The molecule has 1 aromatic heterocycles. The van der Waals surface area contributed by atoms with Gasteiger partial charge in [-0.15, -0.1) is 0 Å². The standard InChI is InChI=1S/C18H24N2O/c1-13-7-9-16(10-8-13)19-18(21)12-20-14(2)11-15-5-3-4-6-17(15)20/h3-6,11,13,16H,7-10,12H2,1-2H3,(H,19,21). The summed E-state index contributed by atoms with van der Waals surface area (Å²) in [6.45, 7) is 4.79. The smallest absolute Gasteiger partial charge is 0.240 e. The molecule has 1 aliphatic rings. The molecule has 0 spiro atoms. The van der Waals surface area contributed by atoms with E-state index in [4.69, 9.17) is 0 Å². The van der Waals surface area contributed by atoms with Crippen LogP contribution in [-0.2, 0) is 11.3 Å². The number of carbonyl (C=O) groups is 1. The SMILES string of the molecule is Cc1cc2ccccc2n1CC(=O)NC1CCC(C)CC1. The highest BCUT2D eigenvalue weighted by molar-refractivity contribution is 5.84. The predicted molar refractivity (Wildman–Crippen MR) is 86.2 cm³/mol. The number of hydrogen-bond acceptors (Lipinski definition) is 1. The number of benzene rings is 1. The number of carbonyl (C=O) groups excluding carboxylic acids is 1. The summed E-state index contributed by atoms with van der Waals surface area (Å²) in [7, 11) is 0. The molecule has 1 amide bonds. The molecule has 0 atom stereocenters. The van der Waals surface area contributed by atoms with E-state index in [1.165, 1.54) is 18.2 Å². The van der Waals surface area contributed by atoms with Gasteiger partial charge in [-0.25, -0.2) is 0 Å². The molecular formula is C18H24N2O. The first kappa shape index (κ1) is 14.2. The van der Waals surface area contributed by atoms with Crippen molar-refractivity contribution in [3.63, 3.8) is 0 Å². The van der Waals surface area contributed by atoms with Crippen LogP contribution in [0, 0.1) is 12.8 Å². The Morgan fingerprint density at radius 1 is 1.24 bits per heavy atom. The first-order valence-electron chi connectivity index (χ1n) is 7.97. The van der Waals surface area contributed by atoms with Gasteiger partial charge in [0, 0.05) is 17.3 Å². The Balaban J connectivity index is 1.67. The molecule has 1 aromatic carbocycles. The van der Waals surface area contributed by atoms with Crippen molar-refractivity contribution in [1.29, 1.82) is 0 Å². The van der Waals surface area contributed by atoms with Crippen LogP contribution in [0.1, 0.15) is 38.3 Å². The monoisotopic (exact) mass is 284 g/mol. The van der Waals surface area contributed by atoms with Crippen molar-refractivity contribution in [3.05, 3.63) is 36.0 Å². The highest BCUT2D eigenvalue weighted by Crippen LogP contribution is 2.23. The number of amides is 1. The lowest BCUT2D eigenvalue weighted by molar-refractivity contribution is -0.122. The van der Waals surface area contributed by atoms with Gasteiger partial charge in [-0.1, -0.05) is 25.1 Å². The second-order valence-electron chi connectivity index (χ2n) is 6.45. The fourth-order valence-corrected chi connectivity index (χ4v) is 3.38. The summed E-state index contributed by atoms with van der Waals surface area (Å²) in [4.78, 5) is 12.3. The molecule has 0 saturated heterocycles. The van der Waals surface area contributed by atoms with Crippen LogP contribution in [-0.4, -0.2) is 16.5 Å². The zero-order chi connectivity index (χ0) is 14.8. The van der Waals surface area contributed by atoms with Crippen molar-refractivity contribution >= 4 is 16.8 Å². The first-order chi connectivity index (χ1) is 10.1. The molecule has 0 aliphatic heterocycles. The van der Waals surface area contributed by atoms with Crippen molar-refractivity contribution in [2.45, 2.75) is 52.1 Å². The fraction of sp³-hybridized carbons (Fsp3) is 0.500. The molecule has 0 radical (unpaired) electrons. The van der Waals surface area contributed by atoms with Gasteiger partial charge in [0.1, 0.15) is 6.54 Å². The normalized spacial score (nSPS) is 22.4. The van der Waals surface area contributed by atoms with Gasteiger partial charge < -0.3 is 9.88 Å². The maximum atomic E-state index is 12.3. The number of aromatic nitrogens is 1. The summed E-state index contributed by atoms with van der Waals surface area (Å²) in [6, 6.07) is 10.8. The number of fused-ring (bicyclic) bond motifs is 1. The molecule has 3 heteroatoms. The van der Waals surface area contributed by atoms with Crippen LogP contribution >= 0.6 is 0 Å². The minimum absolute atomic E-state index is 0.138. The largest absolute Gasteiger partial charge is 0.352 e. The molecule has 1 saturated carbocycles. The molecule has 0 unspecified atom stereocenters. The number of hydrogen-bond donors (Lipinski definition) is 1. The molecular weight excluding hydrogens is 260 g/mol. The van der Waals surface area contributed by atoms with E-state index >= 15 is 0 Å². The van der Waals surface area contributed by atoms with Gasteiger partial charge in [-0.05, 0) is 56.0 Å². The van der Waals surface area contributed by atoms with Crippen LogP contribution < -0.4 is 5.32 Å². The van der Waals surface area contributed by atoms with Gasteiger partial charge in [0.25, 0.3) is 0 Å². The molecule has 3 rings (SSSR count). The fourth-order valence-electron chi connectivity index (χ4n) is 3.38. The van der Waals surface area contributed by atoms with Crippen molar-refractivity contribution in [2.75, 3.05) is 0 Å². The highest BCUT2D eigenvalue weighted by Gasteiger charge is 2.20. The lowest BCUT2D eigenvalue weighted by atomic mass is 9.87. The second-order valence-corrected chi connectivity index (χ2v) is 6.45. The van der Waals surface area contributed by atoms with Gasteiger partial charge >= 0.3 is 0 Å². The Bertz CT molecular complexity index is 636. The maximum Gasteiger partial charge on any atom is 0.240 e. The second kappa shape index (κ2) is 5.92. The maximum absolute atomic E-state index is 12.3. The number of nitrogens with one attached hydrogen (secondary N) is 1. The van der Waals surface area contributed by atoms with Crippen LogP contribution in [0.4, 0.5) is 0 Å². The molecule has 1 aliphatic carbocycles. The minimum Gasteiger partial charge on any atom is -0.352 e. The zero-order valence-electron chi connectivity index (χ0n) is 12.9. The number of rotatable bonds is 3. The van der Waals surface area contributed by atoms with Gasteiger partial charge in [-0.3, -0.25) is 4.79 Å². The van der Waals surface area contributed by atoms with E-state index < -0.39 is 0 Å². The number of para-hydroxylation sites is 1. The Morgan fingerprint density at radius 2 is 1.95 bits per heavy atom. The van der Waals surface area contributed by atoms with E-state index in [1.54, 1.807) is 0 Å². The van der Waals surface area contributed by atoms with Gasteiger partial charge in [0.05, 0.1) is 0 Å². The lowest BCUT2D eigenvalue weighted by Crippen LogP contribution is -2.39. The van der Waals surface area contributed by atoms with E-state index in [0.29, 0.717) is 12.6 Å². The predicted octanol–water partition coefficient (Wildman–Crippen LogP) is 3.64. The third-order valence-corrected chi connectivity index (χ3v) is 4.70. The molecule has 1 N–H and O–H groups in total. The van der Waals surface area contributed by atoms with E-state index in [0.717, 1.165) is 30.0 Å². The molecule has 1 fully saturated rings. The van der Waals surface area contributed by atoms with Crippen LogP contribution in [0.15, 0.2) is 30.3 Å². The molecule has 3 nitrogen and oxygen atoms in total. The summed E-state index contributed by atoms with van der Waals surface area (Å²) in [6.07, 6.45) is 4.71. The van der Waals surface area contributed by atoms with Crippen LogP contribution in [0.2, 0.25) is 0 Å². The van der Waals surface area contributed by atoms with Crippen molar-refractivity contribution in [1.82, 2.24) is 9.88 Å². The van der Waals surface area contributed by atoms with Gasteiger partial charge in [0.15, 0.2) is 0 Å². The van der Waals surface area contributed by atoms with Crippen molar-refractivity contribution in [3.8, 4) is 0 Å². The number of aryl methyl sites for hydroxylation is 1. The van der Waals surface area contributed by atoms with Crippen LogP contribution in [0.25, 0.3) is 10.9 Å². The summed E-state index contributed by atoms with van der Waals surface area (Å²) >= 11 is 0. The van der Waals surface area contributed by atoms with Crippen molar-refractivity contribution in [2.24, 2.45) is 5.92 Å².